The Bertz CT molecular complexity index is 533. The zero-order chi connectivity index (χ0) is 11.9. The average molecular weight is 254 g/mol. The molecule has 82 valence electrons. The number of hydrogen-bond acceptors (Lipinski definition) is 4. The summed E-state index contributed by atoms with van der Waals surface area (Å²) in [5, 5.41) is 0.510. The van der Waals surface area contributed by atoms with Crippen molar-refractivity contribution in [2.24, 2.45) is 4.99 Å². The van der Waals surface area contributed by atoms with Crippen LogP contribution >= 0.6 is 23.8 Å². The minimum absolute atomic E-state index is 0.405. The van der Waals surface area contributed by atoms with Gasteiger partial charge in [0.15, 0.2) is 5.75 Å². The van der Waals surface area contributed by atoms with E-state index >= 15 is 0 Å². The molecule has 0 bridgehead atoms. The first kappa shape index (κ1) is 11.3. The van der Waals surface area contributed by atoms with Gasteiger partial charge in [0.1, 0.15) is 11.3 Å². The van der Waals surface area contributed by atoms with Crippen molar-refractivity contribution in [3.63, 3.8) is 0 Å². The largest absolute Gasteiger partial charge is 0.479 e. The van der Waals surface area contributed by atoms with Gasteiger partial charge in [-0.15, -0.1) is 0 Å². The minimum Gasteiger partial charge on any atom is -0.479 e. The number of nitrogens with zero attached hydrogens (tertiary/aromatic N) is 1. The molecule has 0 fully saturated rings. The lowest BCUT2D eigenvalue weighted by atomic mass is 10.0. The fraction of sp³-hybridized carbons (Fsp3) is 0.273. The molecule has 0 N–H and O–H groups in total. The maximum absolute atomic E-state index is 10.3. The van der Waals surface area contributed by atoms with E-state index in [0.29, 0.717) is 26.9 Å². The Morgan fingerprint density at radius 1 is 1.50 bits per heavy atom. The van der Waals surface area contributed by atoms with Crippen molar-refractivity contribution in [1.82, 2.24) is 0 Å². The summed E-state index contributed by atoms with van der Waals surface area (Å²) in [6.07, 6.45) is 1.48. The second kappa shape index (κ2) is 3.67. The molecule has 0 saturated heterocycles. The smallest absolute Gasteiger partial charge is 0.240 e. The Labute approximate surface area is 103 Å². The van der Waals surface area contributed by atoms with Gasteiger partial charge in [-0.3, -0.25) is 0 Å². The maximum atomic E-state index is 10.3. The van der Waals surface area contributed by atoms with Crippen molar-refractivity contribution >= 4 is 40.5 Å². The molecule has 0 saturated carbocycles. The fourth-order valence-corrected chi connectivity index (χ4v) is 2.15. The Morgan fingerprint density at radius 3 is 2.81 bits per heavy atom. The van der Waals surface area contributed by atoms with Crippen LogP contribution in [-0.4, -0.2) is 16.5 Å². The molecule has 16 heavy (non-hydrogen) atoms. The molecule has 0 unspecified atom stereocenters. The van der Waals surface area contributed by atoms with Crippen molar-refractivity contribution in [2.75, 3.05) is 0 Å². The number of rotatable bonds is 1. The molecule has 1 heterocycles. The van der Waals surface area contributed by atoms with E-state index in [-0.39, 0.29) is 0 Å². The van der Waals surface area contributed by atoms with Crippen molar-refractivity contribution in [3.05, 3.63) is 22.7 Å². The number of isocyanates is 1. The Balaban J connectivity index is 2.72. The Morgan fingerprint density at radius 2 is 2.19 bits per heavy atom. The Hall–Kier alpha value is -1.22. The Kier molecular flexibility index (Phi) is 2.58. The molecule has 0 radical (unpaired) electrons. The topological polar surface area (TPSA) is 38.7 Å². The number of benzene rings is 1. The van der Waals surface area contributed by atoms with E-state index in [4.69, 9.17) is 28.6 Å². The van der Waals surface area contributed by atoms with Crippen molar-refractivity contribution < 1.29 is 9.53 Å². The first-order valence-electron chi connectivity index (χ1n) is 4.61. The zero-order valence-electron chi connectivity index (χ0n) is 8.70. The quantitative estimate of drug-likeness (QED) is 0.438. The predicted octanol–water partition coefficient (Wildman–Crippen LogP) is 3.20. The third-order valence-corrected chi connectivity index (χ3v) is 3.39. The van der Waals surface area contributed by atoms with Gasteiger partial charge >= 0.3 is 0 Å². The first-order valence-corrected chi connectivity index (χ1v) is 5.40. The van der Waals surface area contributed by atoms with E-state index in [1.54, 1.807) is 12.1 Å². The summed E-state index contributed by atoms with van der Waals surface area (Å²) in [6, 6.07) is 3.25. The lowest BCUT2D eigenvalue weighted by Gasteiger charge is -2.17. The molecule has 1 aromatic rings. The van der Waals surface area contributed by atoms with Crippen LogP contribution in [0, 0.1) is 0 Å². The van der Waals surface area contributed by atoms with Gasteiger partial charge in [0.05, 0.1) is 15.5 Å². The number of carbonyl (C=O) groups excluding carboxylic acids is 1. The number of fused-ring (bicyclic) bond motifs is 1. The van der Waals surface area contributed by atoms with Gasteiger partial charge in [0, 0.05) is 0 Å². The van der Waals surface area contributed by atoms with Gasteiger partial charge in [0.25, 0.3) is 0 Å². The van der Waals surface area contributed by atoms with Crippen LogP contribution in [0.1, 0.15) is 19.4 Å². The average Bonchev–Trinajstić information content (AvgIpc) is 2.44. The van der Waals surface area contributed by atoms with E-state index in [1.807, 2.05) is 13.8 Å². The molecule has 0 spiro atoms. The van der Waals surface area contributed by atoms with Crippen LogP contribution in [-0.2, 0) is 4.79 Å². The third kappa shape index (κ3) is 1.55. The summed E-state index contributed by atoms with van der Waals surface area (Å²) in [5.74, 6) is 0.464. The molecule has 0 atom stereocenters. The van der Waals surface area contributed by atoms with E-state index in [9.17, 15) is 4.79 Å². The van der Waals surface area contributed by atoms with Crippen molar-refractivity contribution in [1.29, 1.82) is 0 Å². The van der Waals surface area contributed by atoms with E-state index < -0.39 is 5.60 Å². The summed E-state index contributed by atoms with van der Waals surface area (Å²) in [5.41, 5.74) is 0.455. The molecule has 0 aromatic heterocycles. The molecular formula is C11H8ClNO2S. The van der Waals surface area contributed by atoms with Crippen molar-refractivity contribution in [3.8, 4) is 5.75 Å². The van der Waals surface area contributed by atoms with Crippen LogP contribution in [0.15, 0.2) is 17.1 Å². The summed E-state index contributed by atoms with van der Waals surface area (Å²) in [6.45, 7) is 3.69. The number of halogens is 1. The second-order valence-corrected chi connectivity index (χ2v) is 4.73. The molecule has 0 aliphatic carbocycles. The normalized spacial score (nSPS) is 16.3. The van der Waals surface area contributed by atoms with Crippen molar-refractivity contribution in [2.45, 2.75) is 19.4 Å². The van der Waals surface area contributed by atoms with Crippen LogP contribution in [0.3, 0.4) is 0 Å². The number of hydrogen-bond donors (Lipinski definition) is 0. The predicted molar refractivity (Wildman–Crippen MR) is 65.6 cm³/mol. The monoisotopic (exact) mass is 253 g/mol. The molecule has 0 amide bonds. The van der Waals surface area contributed by atoms with E-state index in [1.165, 1.54) is 6.08 Å². The lowest BCUT2D eigenvalue weighted by Crippen LogP contribution is -2.31. The van der Waals surface area contributed by atoms with Crippen LogP contribution < -0.4 is 4.74 Å². The fourth-order valence-electron chi connectivity index (χ4n) is 1.60. The van der Waals surface area contributed by atoms with Crippen LogP contribution in [0.4, 0.5) is 5.69 Å². The summed E-state index contributed by atoms with van der Waals surface area (Å²) in [7, 11) is 0. The van der Waals surface area contributed by atoms with Gasteiger partial charge in [-0.1, -0.05) is 23.8 Å². The van der Waals surface area contributed by atoms with Gasteiger partial charge in [0.2, 0.25) is 6.08 Å². The van der Waals surface area contributed by atoms with Crippen LogP contribution in [0.5, 0.6) is 5.75 Å². The SMILES string of the molecule is CC1(C)Oc2c(N=C=O)ccc(Cl)c2C1=S. The summed E-state index contributed by atoms with van der Waals surface area (Å²) in [4.78, 5) is 14.5. The minimum atomic E-state index is -0.601. The molecule has 1 aliphatic heterocycles. The third-order valence-electron chi connectivity index (χ3n) is 2.38. The highest BCUT2D eigenvalue weighted by Crippen LogP contribution is 2.45. The van der Waals surface area contributed by atoms with Crippen LogP contribution in [0.2, 0.25) is 5.02 Å². The molecule has 5 heteroatoms. The molecule has 1 aromatic carbocycles. The highest BCUT2D eigenvalue weighted by molar-refractivity contribution is 7.81. The van der Waals surface area contributed by atoms with Gasteiger partial charge in [-0.25, -0.2) is 4.79 Å². The lowest BCUT2D eigenvalue weighted by molar-refractivity contribution is 0.201. The molecule has 1 aliphatic rings. The summed E-state index contributed by atoms with van der Waals surface area (Å²) < 4.78 is 5.67. The second-order valence-electron chi connectivity index (χ2n) is 3.92. The molecular weight excluding hydrogens is 246 g/mol. The number of aliphatic imine (C=N–C) groups is 1. The molecule has 3 nitrogen and oxygen atoms in total. The van der Waals surface area contributed by atoms with E-state index in [2.05, 4.69) is 4.99 Å². The summed E-state index contributed by atoms with van der Waals surface area (Å²) >= 11 is 11.3. The standard InChI is InChI=1S/C11H8ClNO2S/c1-11(2)10(16)8-6(12)3-4-7(13-5-14)9(8)15-11/h3-4H,1-2H3. The van der Waals surface area contributed by atoms with E-state index in [0.717, 1.165) is 0 Å². The zero-order valence-corrected chi connectivity index (χ0v) is 10.3. The highest BCUT2D eigenvalue weighted by atomic mass is 35.5. The number of ether oxygens (including phenoxy) is 1. The molecule has 2 rings (SSSR count). The first-order chi connectivity index (χ1) is 7.47. The van der Waals surface area contributed by atoms with Gasteiger partial charge < -0.3 is 4.74 Å². The maximum Gasteiger partial charge on any atom is 0.240 e. The van der Waals surface area contributed by atoms with Gasteiger partial charge in [-0.05, 0) is 26.0 Å². The number of thiocarbonyl (C=S) groups is 1. The van der Waals surface area contributed by atoms with Crippen LogP contribution in [0.25, 0.3) is 0 Å². The highest BCUT2D eigenvalue weighted by Gasteiger charge is 2.39. The van der Waals surface area contributed by atoms with Gasteiger partial charge in [-0.2, -0.15) is 4.99 Å².